The minimum Gasteiger partial charge on any atom is -0.479 e. The molecule has 0 heterocycles. The Morgan fingerprint density at radius 1 is 1.15 bits per heavy atom. The highest BCUT2D eigenvalue weighted by atomic mass is 16.6. The number of hydrogen-bond acceptors (Lipinski definition) is 6. The second-order valence-corrected chi connectivity index (χ2v) is 5.56. The standard InChI is InChI=1S/C13H23NO6/c1-12(2,3)20-11(18)13(14,10(16)17)8-6-5-7-9(15)19-4/h5-8,14H2,1-4H3,(H,16,17). The van der Waals surface area contributed by atoms with Gasteiger partial charge in [-0.1, -0.05) is 0 Å². The van der Waals surface area contributed by atoms with Crippen LogP contribution in [0.4, 0.5) is 0 Å². The van der Waals surface area contributed by atoms with Crippen molar-refractivity contribution in [1.82, 2.24) is 0 Å². The van der Waals surface area contributed by atoms with Gasteiger partial charge in [0.15, 0.2) is 0 Å². The zero-order chi connectivity index (χ0) is 16.0. The van der Waals surface area contributed by atoms with E-state index in [1.54, 1.807) is 20.8 Å². The van der Waals surface area contributed by atoms with Gasteiger partial charge >= 0.3 is 17.9 Å². The number of rotatable bonds is 7. The molecule has 0 fully saturated rings. The molecule has 0 aromatic carbocycles. The fourth-order valence-electron chi connectivity index (χ4n) is 1.44. The van der Waals surface area contributed by atoms with Gasteiger partial charge in [-0.25, -0.2) is 9.59 Å². The summed E-state index contributed by atoms with van der Waals surface area (Å²) in [6, 6.07) is 0. The Hall–Kier alpha value is -1.63. The number of carbonyl (C=O) groups is 3. The zero-order valence-corrected chi connectivity index (χ0v) is 12.4. The summed E-state index contributed by atoms with van der Waals surface area (Å²) in [5, 5.41) is 9.14. The first kappa shape index (κ1) is 18.4. The maximum Gasteiger partial charge on any atom is 0.338 e. The topological polar surface area (TPSA) is 116 Å². The zero-order valence-electron chi connectivity index (χ0n) is 12.4. The fraction of sp³-hybridized carbons (Fsp3) is 0.769. The van der Waals surface area contributed by atoms with Gasteiger partial charge in [-0.05, 0) is 40.0 Å². The van der Waals surface area contributed by atoms with Crippen LogP contribution in [0.5, 0.6) is 0 Å². The van der Waals surface area contributed by atoms with E-state index in [-0.39, 0.29) is 18.8 Å². The van der Waals surface area contributed by atoms with E-state index in [2.05, 4.69) is 4.74 Å². The van der Waals surface area contributed by atoms with Gasteiger partial charge in [0.05, 0.1) is 7.11 Å². The number of hydrogen-bond donors (Lipinski definition) is 2. The van der Waals surface area contributed by atoms with Gasteiger partial charge in [-0.2, -0.15) is 0 Å². The number of nitrogens with two attached hydrogens (primary N) is 1. The maximum absolute atomic E-state index is 11.9. The average Bonchev–Trinajstić information content (AvgIpc) is 2.31. The minimum absolute atomic E-state index is 0.103. The van der Waals surface area contributed by atoms with E-state index in [1.165, 1.54) is 7.11 Å². The van der Waals surface area contributed by atoms with Crippen molar-refractivity contribution in [3.8, 4) is 0 Å². The van der Waals surface area contributed by atoms with Crippen molar-refractivity contribution >= 4 is 17.9 Å². The molecular weight excluding hydrogens is 266 g/mol. The Bertz CT molecular complexity index is 374. The Balaban J connectivity index is 4.58. The van der Waals surface area contributed by atoms with Crippen molar-refractivity contribution < 1.29 is 29.0 Å². The third-order valence-corrected chi connectivity index (χ3v) is 2.57. The lowest BCUT2D eigenvalue weighted by Crippen LogP contribution is -2.57. The van der Waals surface area contributed by atoms with Crippen LogP contribution in [0.15, 0.2) is 0 Å². The molecule has 0 saturated carbocycles. The number of esters is 2. The van der Waals surface area contributed by atoms with Crippen molar-refractivity contribution in [3.63, 3.8) is 0 Å². The molecule has 0 saturated heterocycles. The van der Waals surface area contributed by atoms with Crippen LogP contribution in [0.25, 0.3) is 0 Å². The first-order valence-corrected chi connectivity index (χ1v) is 6.35. The number of carboxylic acid groups (broad SMARTS) is 1. The van der Waals surface area contributed by atoms with Gasteiger partial charge in [-0.15, -0.1) is 0 Å². The van der Waals surface area contributed by atoms with Gasteiger partial charge in [-0.3, -0.25) is 4.79 Å². The molecule has 0 rings (SSSR count). The Morgan fingerprint density at radius 2 is 1.70 bits per heavy atom. The van der Waals surface area contributed by atoms with E-state index in [0.29, 0.717) is 12.8 Å². The summed E-state index contributed by atoms with van der Waals surface area (Å²) in [7, 11) is 1.27. The number of unbranched alkanes of at least 4 members (excludes halogenated alkanes) is 1. The van der Waals surface area contributed by atoms with E-state index < -0.39 is 23.1 Å². The van der Waals surface area contributed by atoms with Crippen LogP contribution in [-0.4, -0.2) is 41.3 Å². The lowest BCUT2D eigenvalue weighted by Gasteiger charge is -2.28. The molecule has 0 aromatic rings. The molecule has 0 spiro atoms. The molecular formula is C13H23NO6. The highest BCUT2D eigenvalue weighted by Crippen LogP contribution is 2.19. The second-order valence-electron chi connectivity index (χ2n) is 5.56. The van der Waals surface area contributed by atoms with Crippen LogP contribution in [-0.2, 0) is 23.9 Å². The summed E-state index contributed by atoms with van der Waals surface area (Å²) in [6.07, 6.45) is 0.744. The average molecular weight is 289 g/mol. The van der Waals surface area contributed by atoms with Crippen LogP contribution in [0.2, 0.25) is 0 Å². The molecule has 1 atom stereocenters. The smallest absolute Gasteiger partial charge is 0.338 e. The molecule has 0 aliphatic carbocycles. The van der Waals surface area contributed by atoms with Crippen LogP contribution < -0.4 is 5.73 Å². The van der Waals surface area contributed by atoms with Crippen molar-refractivity contribution in [2.45, 2.75) is 57.6 Å². The number of ether oxygens (including phenoxy) is 2. The van der Waals surface area contributed by atoms with Crippen molar-refractivity contribution in [2.75, 3.05) is 7.11 Å². The first-order chi connectivity index (χ1) is 9.03. The molecule has 0 amide bonds. The normalized spacial score (nSPS) is 14.2. The van der Waals surface area contributed by atoms with Crippen LogP contribution in [0.3, 0.4) is 0 Å². The summed E-state index contributed by atoms with van der Waals surface area (Å²) in [6.45, 7) is 4.89. The molecule has 20 heavy (non-hydrogen) atoms. The highest BCUT2D eigenvalue weighted by molar-refractivity contribution is 6.03. The van der Waals surface area contributed by atoms with Crippen LogP contribution in [0, 0.1) is 0 Å². The van der Waals surface area contributed by atoms with Gasteiger partial charge in [0.25, 0.3) is 0 Å². The molecule has 7 heteroatoms. The molecule has 0 bridgehead atoms. The second kappa shape index (κ2) is 7.23. The fourth-order valence-corrected chi connectivity index (χ4v) is 1.44. The SMILES string of the molecule is COC(=O)CCCCC(N)(C(=O)O)C(=O)OC(C)(C)C. The quantitative estimate of drug-likeness (QED) is 0.405. The summed E-state index contributed by atoms with van der Waals surface area (Å²) >= 11 is 0. The summed E-state index contributed by atoms with van der Waals surface area (Å²) in [4.78, 5) is 34.0. The Labute approximate surface area is 118 Å². The highest BCUT2D eigenvalue weighted by Gasteiger charge is 2.44. The van der Waals surface area contributed by atoms with Gasteiger partial charge in [0.1, 0.15) is 5.60 Å². The lowest BCUT2D eigenvalue weighted by atomic mass is 9.93. The molecule has 3 N–H and O–H groups in total. The molecule has 1 unspecified atom stereocenters. The van der Waals surface area contributed by atoms with Gasteiger partial charge in [0, 0.05) is 6.42 Å². The predicted molar refractivity (Wildman–Crippen MR) is 70.9 cm³/mol. The van der Waals surface area contributed by atoms with E-state index in [4.69, 9.17) is 15.6 Å². The molecule has 0 aliphatic heterocycles. The predicted octanol–water partition coefficient (Wildman–Crippen LogP) is 0.844. The van der Waals surface area contributed by atoms with E-state index in [1.807, 2.05) is 0 Å². The summed E-state index contributed by atoms with van der Waals surface area (Å²) < 4.78 is 9.49. The largest absolute Gasteiger partial charge is 0.479 e. The Kier molecular flexibility index (Phi) is 6.64. The van der Waals surface area contributed by atoms with Crippen LogP contribution in [0.1, 0.15) is 46.5 Å². The minimum atomic E-state index is -2.09. The Morgan fingerprint density at radius 3 is 2.10 bits per heavy atom. The number of aliphatic carboxylic acids is 1. The number of methoxy groups -OCH3 is 1. The summed E-state index contributed by atoms with van der Waals surface area (Å²) in [5.41, 5.74) is 2.74. The number of carbonyl (C=O) groups excluding carboxylic acids is 2. The summed E-state index contributed by atoms with van der Waals surface area (Å²) in [5.74, 6) is -2.80. The van der Waals surface area contributed by atoms with E-state index in [0.717, 1.165) is 0 Å². The lowest BCUT2D eigenvalue weighted by molar-refractivity contribution is -0.169. The number of carboxylic acids is 1. The van der Waals surface area contributed by atoms with E-state index in [9.17, 15) is 14.4 Å². The third-order valence-electron chi connectivity index (χ3n) is 2.57. The van der Waals surface area contributed by atoms with Crippen molar-refractivity contribution in [3.05, 3.63) is 0 Å². The molecule has 0 aliphatic rings. The van der Waals surface area contributed by atoms with Gasteiger partial charge in [0.2, 0.25) is 5.54 Å². The van der Waals surface area contributed by atoms with Crippen LogP contribution >= 0.6 is 0 Å². The molecule has 0 aromatic heterocycles. The monoisotopic (exact) mass is 289 g/mol. The molecule has 116 valence electrons. The van der Waals surface area contributed by atoms with E-state index >= 15 is 0 Å². The first-order valence-electron chi connectivity index (χ1n) is 6.35. The van der Waals surface area contributed by atoms with Gasteiger partial charge < -0.3 is 20.3 Å². The maximum atomic E-state index is 11.9. The van der Waals surface area contributed by atoms with Crippen molar-refractivity contribution in [1.29, 1.82) is 0 Å². The molecule has 7 nitrogen and oxygen atoms in total. The third kappa shape index (κ3) is 6.01. The van der Waals surface area contributed by atoms with Crippen molar-refractivity contribution in [2.24, 2.45) is 5.73 Å². The molecule has 0 radical (unpaired) electrons.